The van der Waals surface area contributed by atoms with Crippen molar-refractivity contribution in [3.8, 4) is 22.3 Å². The first kappa shape index (κ1) is 18.9. The Morgan fingerprint density at radius 1 is 0.640 bits per heavy atom. The van der Waals surface area contributed by atoms with Crippen LogP contribution in [-0.2, 0) is 0 Å². The normalized spacial score (nSPS) is 11.0. The van der Waals surface area contributed by atoms with Crippen LogP contribution in [0.15, 0.2) is 41.3 Å². The summed E-state index contributed by atoms with van der Waals surface area (Å²) >= 11 is 36.7. The van der Waals surface area contributed by atoms with Crippen LogP contribution in [0.3, 0.4) is 0 Å². The van der Waals surface area contributed by atoms with Gasteiger partial charge in [-0.15, -0.1) is 0 Å². The van der Waals surface area contributed by atoms with Gasteiger partial charge in [-0.05, 0) is 30.3 Å². The molecule has 3 rings (SSSR count). The van der Waals surface area contributed by atoms with E-state index in [1.54, 1.807) is 18.2 Å². The van der Waals surface area contributed by atoms with Crippen molar-refractivity contribution in [1.82, 2.24) is 4.98 Å². The van der Waals surface area contributed by atoms with Crippen LogP contribution in [0.1, 0.15) is 0 Å². The van der Waals surface area contributed by atoms with Crippen LogP contribution >= 0.6 is 69.6 Å². The first-order valence-corrected chi connectivity index (χ1v) is 9.07. The number of aromatic nitrogens is 1. The van der Waals surface area contributed by atoms with Crippen LogP contribution in [0.4, 0.5) is 0 Å². The fourth-order valence-electron chi connectivity index (χ4n) is 2.36. The number of hydrogen-bond acceptors (Lipinski definition) is 1. The molecule has 128 valence electrons. The molecule has 0 spiro atoms. The van der Waals surface area contributed by atoms with E-state index in [1.807, 2.05) is 0 Å². The molecule has 1 aromatic heterocycles. The molecule has 2 nitrogen and oxygen atoms in total. The molecule has 0 atom stereocenters. The van der Waals surface area contributed by atoms with Crippen LogP contribution < -0.4 is 5.56 Å². The number of halogens is 6. The fraction of sp³-hybridized carbons (Fsp3) is 0. The average molecular weight is 454 g/mol. The third-order valence-electron chi connectivity index (χ3n) is 3.49. The second-order valence-electron chi connectivity index (χ2n) is 5.13. The van der Waals surface area contributed by atoms with E-state index in [2.05, 4.69) is 4.98 Å². The van der Waals surface area contributed by atoms with Crippen LogP contribution in [0, 0.1) is 0 Å². The molecule has 0 radical (unpaired) electrons. The van der Waals surface area contributed by atoms with E-state index in [4.69, 9.17) is 69.6 Å². The molecule has 0 saturated carbocycles. The van der Waals surface area contributed by atoms with E-state index >= 15 is 0 Å². The summed E-state index contributed by atoms with van der Waals surface area (Å²) in [6, 6.07) is 7.88. The molecule has 1 N–H and O–H groups in total. The molecule has 3 aromatic rings. The Kier molecular flexibility index (Phi) is 5.60. The average Bonchev–Trinajstić information content (AvgIpc) is 2.55. The summed E-state index contributed by atoms with van der Waals surface area (Å²) < 4.78 is 0. The first-order valence-electron chi connectivity index (χ1n) is 6.80. The molecule has 0 saturated heterocycles. The van der Waals surface area contributed by atoms with Crippen molar-refractivity contribution in [3.63, 3.8) is 0 Å². The summed E-state index contributed by atoms with van der Waals surface area (Å²) in [4.78, 5) is 15.0. The molecule has 0 aliphatic heterocycles. The fourth-order valence-corrected chi connectivity index (χ4v) is 3.77. The molecule has 1 heterocycles. The van der Waals surface area contributed by atoms with Crippen LogP contribution in [0.5, 0.6) is 0 Å². The minimum absolute atomic E-state index is 0.226. The molecule has 0 aliphatic rings. The zero-order valence-electron chi connectivity index (χ0n) is 12.1. The van der Waals surface area contributed by atoms with Gasteiger partial charge in [0.25, 0.3) is 5.56 Å². The van der Waals surface area contributed by atoms with Crippen LogP contribution in [0.25, 0.3) is 22.3 Å². The largest absolute Gasteiger partial charge is 0.328 e. The maximum absolute atomic E-state index is 12.3. The van der Waals surface area contributed by atoms with Crippen molar-refractivity contribution >= 4 is 69.6 Å². The van der Waals surface area contributed by atoms with E-state index in [9.17, 15) is 4.79 Å². The van der Waals surface area contributed by atoms with Gasteiger partial charge in [0.15, 0.2) is 0 Å². The topological polar surface area (TPSA) is 32.9 Å². The maximum atomic E-state index is 12.3. The van der Waals surface area contributed by atoms with Gasteiger partial charge in [0.2, 0.25) is 0 Å². The lowest BCUT2D eigenvalue weighted by Gasteiger charge is -2.11. The Hall–Kier alpha value is -0.870. The highest BCUT2D eigenvalue weighted by molar-refractivity contribution is 6.45. The van der Waals surface area contributed by atoms with Crippen molar-refractivity contribution in [2.45, 2.75) is 0 Å². The summed E-state index contributed by atoms with van der Waals surface area (Å²) in [5.41, 5.74) is 1.52. The highest BCUT2D eigenvalue weighted by Crippen LogP contribution is 2.39. The summed E-state index contributed by atoms with van der Waals surface area (Å²) in [6.07, 6.45) is 1.51. The standard InChI is InChI=1S/C17H7Cl6NO/c18-8-2-10(15(22)13(20)4-8)7-1-12(17(25)24-6-7)11-3-9(19)5-14(21)16(11)23/h1-6H,(H,24,25). The third-order valence-corrected chi connectivity index (χ3v) is 5.53. The number of nitrogens with one attached hydrogen (secondary N) is 1. The number of benzene rings is 2. The molecule has 0 aliphatic carbocycles. The van der Waals surface area contributed by atoms with Crippen LogP contribution in [-0.4, -0.2) is 4.98 Å². The minimum Gasteiger partial charge on any atom is -0.328 e. The number of pyridine rings is 1. The van der Waals surface area contributed by atoms with Gasteiger partial charge in [0.1, 0.15) is 0 Å². The van der Waals surface area contributed by atoms with Gasteiger partial charge in [0.05, 0.1) is 20.1 Å². The summed E-state index contributed by atoms with van der Waals surface area (Å²) in [6.45, 7) is 0. The summed E-state index contributed by atoms with van der Waals surface area (Å²) in [7, 11) is 0. The SMILES string of the molecule is O=c1[nH]cc(-c2cc(Cl)cc(Cl)c2Cl)cc1-c1cc(Cl)cc(Cl)c1Cl. The van der Waals surface area contributed by atoms with Crippen molar-refractivity contribution in [1.29, 1.82) is 0 Å². The molecule has 8 heteroatoms. The van der Waals surface area contributed by atoms with Crippen molar-refractivity contribution in [2.75, 3.05) is 0 Å². The molecule has 0 fully saturated rings. The van der Waals surface area contributed by atoms with Crippen molar-refractivity contribution in [2.24, 2.45) is 0 Å². The predicted octanol–water partition coefficient (Wildman–Crippen LogP) is 7.63. The lowest BCUT2D eigenvalue weighted by Crippen LogP contribution is -2.08. The summed E-state index contributed by atoms with van der Waals surface area (Å²) in [5.74, 6) is 0. The van der Waals surface area contributed by atoms with Crippen molar-refractivity contribution in [3.05, 3.63) is 77.0 Å². The van der Waals surface area contributed by atoms with Gasteiger partial charge in [-0.1, -0.05) is 69.6 Å². The number of rotatable bonds is 2. The van der Waals surface area contributed by atoms with Gasteiger partial charge >= 0.3 is 0 Å². The lowest BCUT2D eigenvalue weighted by atomic mass is 10.0. The zero-order valence-corrected chi connectivity index (χ0v) is 16.7. The molecular weight excluding hydrogens is 447 g/mol. The highest BCUT2D eigenvalue weighted by atomic mass is 35.5. The first-order chi connectivity index (χ1) is 11.8. The number of hydrogen-bond donors (Lipinski definition) is 1. The third kappa shape index (κ3) is 3.80. The lowest BCUT2D eigenvalue weighted by molar-refractivity contribution is 1.24. The van der Waals surface area contributed by atoms with Gasteiger partial charge in [-0.3, -0.25) is 4.79 Å². The molecule has 25 heavy (non-hydrogen) atoms. The van der Waals surface area contributed by atoms with Crippen LogP contribution in [0.2, 0.25) is 30.1 Å². The van der Waals surface area contributed by atoms with E-state index in [0.717, 1.165) is 0 Å². The van der Waals surface area contributed by atoms with E-state index < -0.39 is 0 Å². The molecule has 0 unspecified atom stereocenters. The Morgan fingerprint density at radius 3 is 1.76 bits per heavy atom. The Bertz CT molecular complexity index is 1040. The predicted molar refractivity (Wildman–Crippen MR) is 108 cm³/mol. The molecule has 0 bridgehead atoms. The van der Waals surface area contributed by atoms with Gasteiger partial charge in [-0.2, -0.15) is 0 Å². The minimum atomic E-state index is -0.353. The molecular formula is C17H7Cl6NO. The van der Waals surface area contributed by atoms with E-state index in [1.165, 1.54) is 18.3 Å². The van der Waals surface area contributed by atoms with Crippen molar-refractivity contribution < 1.29 is 0 Å². The van der Waals surface area contributed by atoms with Gasteiger partial charge in [0, 0.05) is 38.5 Å². The number of H-pyrrole nitrogens is 1. The smallest absolute Gasteiger partial charge is 0.255 e. The Balaban J connectivity index is 2.27. The van der Waals surface area contributed by atoms with E-state index in [-0.39, 0.29) is 15.6 Å². The maximum Gasteiger partial charge on any atom is 0.255 e. The number of aromatic amines is 1. The van der Waals surface area contributed by atoms with Gasteiger partial charge in [-0.25, -0.2) is 0 Å². The van der Waals surface area contributed by atoms with Gasteiger partial charge < -0.3 is 4.98 Å². The second-order valence-corrected chi connectivity index (χ2v) is 7.57. The monoisotopic (exact) mass is 451 g/mol. The van der Waals surface area contributed by atoms with E-state index in [0.29, 0.717) is 42.3 Å². The quantitative estimate of drug-likeness (QED) is 0.397. The molecule has 0 amide bonds. The summed E-state index contributed by atoms with van der Waals surface area (Å²) in [5, 5.41) is 1.88. The zero-order chi connectivity index (χ0) is 18.3. The Morgan fingerprint density at radius 2 is 1.16 bits per heavy atom. The second kappa shape index (κ2) is 7.40. The molecule has 2 aromatic carbocycles. The Labute approximate surface area is 173 Å². The highest BCUT2D eigenvalue weighted by Gasteiger charge is 2.15.